The molecule has 1 amide bonds. The molecule has 2 fully saturated rings. The molecule has 0 saturated carbocycles. The van der Waals surface area contributed by atoms with Crippen LogP contribution in [0.25, 0.3) is 6.08 Å². The first kappa shape index (κ1) is 15.3. The summed E-state index contributed by atoms with van der Waals surface area (Å²) in [6.07, 6.45) is 3.99. The molecule has 3 atom stereocenters. The zero-order chi connectivity index (χ0) is 16.1. The van der Waals surface area contributed by atoms with Gasteiger partial charge < -0.3 is 10.1 Å². The first-order valence-electron chi connectivity index (χ1n) is 7.91. The Morgan fingerprint density at radius 2 is 2.17 bits per heavy atom. The van der Waals surface area contributed by atoms with Gasteiger partial charge in [-0.25, -0.2) is 0 Å². The Hall–Kier alpha value is -1.23. The average Bonchev–Trinajstić information content (AvgIpc) is 2.83. The number of hydrogen-bond donors (Lipinski definition) is 1. The van der Waals surface area contributed by atoms with E-state index in [1.165, 1.54) is 0 Å². The molecule has 4 nitrogen and oxygen atoms in total. The van der Waals surface area contributed by atoms with Crippen LogP contribution in [-0.4, -0.2) is 36.2 Å². The minimum atomic E-state index is -0.0918. The molecule has 0 radical (unpaired) electrons. The van der Waals surface area contributed by atoms with E-state index < -0.39 is 0 Å². The van der Waals surface area contributed by atoms with Crippen LogP contribution < -0.4 is 10.1 Å². The molecule has 3 heterocycles. The number of benzene rings is 1. The van der Waals surface area contributed by atoms with E-state index in [2.05, 4.69) is 17.1 Å². The van der Waals surface area contributed by atoms with E-state index in [-0.39, 0.29) is 18.1 Å². The molecule has 1 N–H and O–H groups in total. The van der Waals surface area contributed by atoms with Gasteiger partial charge in [-0.15, -0.1) is 0 Å². The van der Waals surface area contributed by atoms with Crippen molar-refractivity contribution in [3.8, 4) is 5.75 Å². The number of carbonyl (C=O) groups is 1. The van der Waals surface area contributed by atoms with Crippen LogP contribution in [0.2, 0.25) is 10.0 Å². The second-order valence-corrected chi connectivity index (χ2v) is 7.45. The van der Waals surface area contributed by atoms with E-state index in [9.17, 15) is 4.79 Å². The third kappa shape index (κ3) is 2.63. The fourth-order valence-electron chi connectivity index (χ4n) is 3.74. The number of amides is 1. The first-order chi connectivity index (χ1) is 11.0. The van der Waals surface area contributed by atoms with Crippen molar-refractivity contribution < 1.29 is 9.53 Å². The first-order valence-corrected chi connectivity index (χ1v) is 8.67. The summed E-state index contributed by atoms with van der Waals surface area (Å²) in [7, 11) is 0. The normalized spacial score (nSPS) is 30.1. The molecule has 4 rings (SSSR count). The minimum Gasteiger partial charge on any atom is -0.487 e. The van der Waals surface area contributed by atoms with Crippen LogP contribution in [0, 0.1) is 5.92 Å². The van der Waals surface area contributed by atoms with E-state index >= 15 is 0 Å². The highest BCUT2D eigenvalue weighted by atomic mass is 35.5. The summed E-state index contributed by atoms with van der Waals surface area (Å²) in [6, 6.07) is 3.50. The van der Waals surface area contributed by atoms with Gasteiger partial charge in [0.2, 0.25) is 5.91 Å². The average molecular weight is 353 g/mol. The Kier molecular flexibility index (Phi) is 3.79. The highest BCUT2D eigenvalue weighted by molar-refractivity contribution is 6.36. The lowest BCUT2D eigenvalue weighted by Gasteiger charge is -2.36. The number of fused-ring (bicyclic) bond motifs is 2. The Labute approximate surface area is 145 Å². The van der Waals surface area contributed by atoms with Gasteiger partial charge in [0.05, 0.1) is 11.1 Å². The number of hydrogen-bond acceptors (Lipinski definition) is 3. The summed E-state index contributed by atoms with van der Waals surface area (Å²) < 4.78 is 5.83. The van der Waals surface area contributed by atoms with Crippen LogP contribution in [0.15, 0.2) is 17.7 Å². The number of nitrogens with one attached hydrogen (secondary N) is 1. The van der Waals surface area contributed by atoms with Gasteiger partial charge in [-0.2, -0.15) is 0 Å². The maximum absolute atomic E-state index is 12.3. The second kappa shape index (κ2) is 5.69. The lowest BCUT2D eigenvalue weighted by molar-refractivity contribution is -0.122. The smallest absolute Gasteiger partial charge is 0.238 e. The lowest BCUT2D eigenvalue weighted by atomic mass is 9.92. The van der Waals surface area contributed by atoms with Crippen molar-refractivity contribution >= 4 is 35.2 Å². The van der Waals surface area contributed by atoms with E-state index in [1.807, 2.05) is 12.1 Å². The standard InChI is InChI=1S/C17H18Cl2N2O2/c1-9-2-3-21-14(4-9)17(22)20-16(21)11-5-10-6-12(18)7-13(19)15(10)23-8-11/h5-7,9,14,16H,2-4,8H2,1H3,(H,20,22). The van der Waals surface area contributed by atoms with Gasteiger partial charge in [0.15, 0.2) is 0 Å². The lowest BCUT2D eigenvalue weighted by Crippen LogP contribution is -2.46. The highest BCUT2D eigenvalue weighted by Crippen LogP contribution is 2.38. The van der Waals surface area contributed by atoms with Gasteiger partial charge in [-0.05, 0) is 37.0 Å². The zero-order valence-corrected chi connectivity index (χ0v) is 14.3. The van der Waals surface area contributed by atoms with Gasteiger partial charge in [0.25, 0.3) is 0 Å². The zero-order valence-electron chi connectivity index (χ0n) is 12.8. The maximum atomic E-state index is 12.3. The van der Waals surface area contributed by atoms with Crippen molar-refractivity contribution in [3.63, 3.8) is 0 Å². The predicted molar refractivity (Wildman–Crippen MR) is 90.8 cm³/mol. The molecule has 0 aromatic heterocycles. The van der Waals surface area contributed by atoms with Gasteiger partial charge in [0, 0.05) is 22.7 Å². The monoisotopic (exact) mass is 352 g/mol. The van der Waals surface area contributed by atoms with Gasteiger partial charge in [-0.1, -0.05) is 30.1 Å². The third-order valence-electron chi connectivity index (χ3n) is 4.93. The molecular weight excluding hydrogens is 335 g/mol. The van der Waals surface area contributed by atoms with E-state index in [1.54, 1.807) is 6.07 Å². The maximum Gasteiger partial charge on any atom is 0.238 e. The van der Waals surface area contributed by atoms with Crippen LogP contribution in [0.1, 0.15) is 25.3 Å². The molecule has 3 aliphatic heterocycles. The summed E-state index contributed by atoms with van der Waals surface area (Å²) in [5, 5.41) is 4.21. The quantitative estimate of drug-likeness (QED) is 0.842. The number of carbonyl (C=O) groups excluding carboxylic acids is 1. The molecule has 0 bridgehead atoms. The molecule has 1 aromatic rings. The molecule has 2 saturated heterocycles. The van der Waals surface area contributed by atoms with Crippen molar-refractivity contribution in [1.29, 1.82) is 0 Å². The molecule has 3 aliphatic rings. The van der Waals surface area contributed by atoms with Crippen molar-refractivity contribution in [3.05, 3.63) is 33.3 Å². The summed E-state index contributed by atoms with van der Waals surface area (Å²) in [6.45, 7) is 3.56. The Morgan fingerprint density at radius 3 is 3.00 bits per heavy atom. The summed E-state index contributed by atoms with van der Waals surface area (Å²) in [5.74, 6) is 1.38. The third-order valence-corrected chi connectivity index (χ3v) is 5.43. The SMILES string of the molecule is CC1CCN2C(C1)C(=O)NC2C1=Cc2cc(Cl)cc(Cl)c2OC1. The van der Waals surface area contributed by atoms with E-state index in [0.717, 1.165) is 30.5 Å². The summed E-state index contributed by atoms with van der Waals surface area (Å²) in [4.78, 5) is 14.6. The van der Waals surface area contributed by atoms with Crippen LogP contribution in [0.4, 0.5) is 0 Å². The number of halogens is 2. The van der Waals surface area contributed by atoms with Crippen LogP contribution in [0.5, 0.6) is 5.75 Å². The highest BCUT2D eigenvalue weighted by Gasteiger charge is 2.44. The number of ether oxygens (including phenoxy) is 1. The molecular formula is C17H18Cl2N2O2. The van der Waals surface area contributed by atoms with Crippen molar-refractivity contribution in [2.45, 2.75) is 32.0 Å². The van der Waals surface area contributed by atoms with Crippen molar-refractivity contribution in [2.24, 2.45) is 5.92 Å². The van der Waals surface area contributed by atoms with Gasteiger partial charge in [-0.3, -0.25) is 9.69 Å². The molecule has 3 unspecified atom stereocenters. The number of piperidine rings is 1. The molecule has 0 aliphatic carbocycles. The Morgan fingerprint density at radius 1 is 1.35 bits per heavy atom. The van der Waals surface area contributed by atoms with Crippen LogP contribution in [-0.2, 0) is 4.79 Å². The van der Waals surface area contributed by atoms with E-state index in [0.29, 0.717) is 28.3 Å². The molecule has 23 heavy (non-hydrogen) atoms. The van der Waals surface area contributed by atoms with Crippen LogP contribution >= 0.6 is 23.2 Å². The Bertz CT molecular complexity index is 704. The minimum absolute atomic E-state index is 0.0194. The van der Waals surface area contributed by atoms with Crippen LogP contribution in [0.3, 0.4) is 0 Å². The predicted octanol–water partition coefficient (Wildman–Crippen LogP) is 3.33. The Balaban J connectivity index is 1.66. The largest absolute Gasteiger partial charge is 0.487 e. The number of nitrogens with zero attached hydrogens (tertiary/aromatic N) is 1. The molecule has 122 valence electrons. The number of rotatable bonds is 1. The van der Waals surface area contributed by atoms with E-state index in [4.69, 9.17) is 27.9 Å². The fraction of sp³-hybridized carbons (Fsp3) is 0.471. The van der Waals surface area contributed by atoms with Gasteiger partial charge >= 0.3 is 0 Å². The summed E-state index contributed by atoms with van der Waals surface area (Å²) in [5.41, 5.74) is 1.91. The van der Waals surface area contributed by atoms with Crippen molar-refractivity contribution in [2.75, 3.05) is 13.2 Å². The topological polar surface area (TPSA) is 41.6 Å². The summed E-state index contributed by atoms with van der Waals surface area (Å²) >= 11 is 12.3. The van der Waals surface area contributed by atoms with Gasteiger partial charge in [0.1, 0.15) is 18.5 Å². The van der Waals surface area contributed by atoms with Crippen molar-refractivity contribution in [1.82, 2.24) is 10.2 Å². The second-order valence-electron chi connectivity index (χ2n) is 6.61. The molecule has 0 spiro atoms. The molecule has 6 heteroatoms. The fourth-order valence-corrected chi connectivity index (χ4v) is 4.30. The molecule has 1 aromatic carbocycles.